The maximum absolute atomic E-state index is 14.7. The molecule has 1 aliphatic carbocycles. The molecule has 1 aliphatic heterocycles. The smallest absolute Gasteiger partial charge is 0.374 e. The van der Waals surface area contributed by atoms with Crippen molar-refractivity contribution in [3.8, 4) is 0 Å². The van der Waals surface area contributed by atoms with Gasteiger partial charge in [-0.15, -0.1) is 0 Å². The van der Waals surface area contributed by atoms with Gasteiger partial charge in [0.2, 0.25) is 0 Å². The summed E-state index contributed by atoms with van der Waals surface area (Å²) < 4.78 is 135. The van der Waals surface area contributed by atoms with E-state index in [0.717, 1.165) is 0 Å². The third-order valence-corrected chi connectivity index (χ3v) is 6.99. The summed E-state index contributed by atoms with van der Waals surface area (Å²) in [6.07, 6.45) is -16.7. The number of halogens is 11. The van der Waals surface area contributed by atoms with Gasteiger partial charge in [0.25, 0.3) is 11.5 Å². The van der Waals surface area contributed by atoms with Gasteiger partial charge >= 0.3 is 18.5 Å². The molecule has 0 radical (unpaired) electrons. The van der Waals surface area contributed by atoms with Crippen LogP contribution in [-0.2, 0) is 16.6 Å². The van der Waals surface area contributed by atoms with Crippen LogP contribution in [0, 0.1) is 18.7 Å². The summed E-state index contributed by atoms with van der Waals surface area (Å²) in [5.74, 6) is -3.97. The van der Waals surface area contributed by atoms with Crippen LogP contribution in [-0.4, -0.2) is 30.0 Å². The van der Waals surface area contributed by atoms with Crippen LogP contribution < -0.4 is 5.32 Å². The normalized spacial score (nSPS) is 23.6. The van der Waals surface area contributed by atoms with Crippen LogP contribution in [0.2, 0.25) is 5.02 Å². The van der Waals surface area contributed by atoms with E-state index in [1.165, 1.54) is 25.1 Å². The Kier molecular flexibility index (Phi) is 7.10. The van der Waals surface area contributed by atoms with Gasteiger partial charge in [-0.05, 0) is 55.2 Å². The van der Waals surface area contributed by atoms with E-state index in [-0.39, 0.29) is 41.7 Å². The zero-order valence-electron chi connectivity index (χ0n) is 19.6. The minimum atomic E-state index is -5.43. The molecule has 1 heterocycles. The number of aryl methyl sites for hydroxylation is 1. The number of benzene rings is 2. The molecule has 2 aromatic rings. The van der Waals surface area contributed by atoms with Gasteiger partial charge in [0.15, 0.2) is 0 Å². The zero-order chi connectivity index (χ0) is 29.1. The summed E-state index contributed by atoms with van der Waals surface area (Å²) in [6.45, 7) is 1.41. The Morgan fingerprint density at radius 3 is 2.23 bits per heavy atom. The number of amides is 1. The number of carbonyl (C=O) groups is 1. The number of carbonyl (C=O) groups excluding carboxylic acids is 1. The highest BCUT2D eigenvalue weighted by Gasteiger charge is 2.64. The molecule has 0 aromatic heterocycles. The second-order valence-electron chi connectivity index (χ2n) is 9.36. The Hall–Kier alpha value is -3.03. The summed E-state index contributed by atoms with van der Waals surface area (Å²) in [6, 6.07) is 3.07. The Balaban J connectivity index is 1.58. The number of hydrogen-bond acceptors (Lipinski definition) is 3. The van der Waals surface area contributed by atoms with Crippen molar-refractivity contribution < 1.29 is 53.5 Å². The maximum atomic E-state index is 14.7. The van der Waals surface area contributed by atoms with Crippen molar-refractivity contribution >= 4 is 23.2 Å². The first-order valence-corrected chi connectivity index (χ1v) is 11.6. The fraction of sp³-hybridized carbons (Fsp3) is 0.417. The average Bonchev–Trinajstić information content (AvgIpc) is 3.22. The van der Waals surface area contributed by atoms with E-state index >= 15 is 0 Å². The molecule has 1 atom stereocenters. The standard InChI is InChI=1S/C24H17ClF10N2O2/c1-10-4-11(2-3-15(10)20(38)36-14-5-12(6-14)22(27,28)29)18-9-21(39-37-18,24(33,34)35)16-7-13(23(30,31)32)8-17(25)19(16)26/h2-4,7-8,12,14H,5-6,9H2,1H3,(H,36,38)/t12-,14-,21-/m0/s1. The molecule has 15 heteroatoms. The molecule has 2 aromatic carbocycles. The third kappa shape index (κ3) is 5.39. The molecule has 1 fully saturated rings. The minimum Gasteiger partial charge on any atom is -0.374 e. The lowest BCUT2D eigenvalue weighted by Crippen LogP contribution is -2.49. The molecule has 39 heavy (non-hydrogen) atoms. The van der Waals surface area contributed by atoms with Crippen molar-refractivity contribution in [3.63, 3.8) is 0 Å². The third-order valence-electron chi connectivity index (χ3n) is 6.72. The van der Waals surface area contributed by atoms with Crippen LogP contribution in [0.1, 0.15) is 51.9 Å². The second kappa shape index (κ2) is 9.56. The molecule has 4 rings (SSSR count). The number of rotatable bonds is 4. The molecule has 1 saturated carbocycles. The quantitative estimate of drug-likeness (QED) is 0.376. The van der Waals surface area contributed by atoms with E-state index in [4.69, 9.17) is 11.6 Å². The first-order chi connectivity index (χ1) is 17.8. The SMILES string of the molecule is Cc1cc(C2=NO[C@@](c3cc(C(F)(F)F)cc(Cl)c3F)(C(F)(F)F)C2)ccc1C(=O)N[C@H]1C[C@H](C(F)(F)F)C1. The van der Waals surface area contributed by atoms with Crippen molar-refractivity contribution in [2.24, 2.45) is 11.1 Å². The number of nitrogens with zero attached hydrogens (tertiary/aromatic N) is 1. The van der Waals surface area contributed by atoms with Crippen LogP contribution in [0.15, 0.2) is 35.5 Å². The molecule has 4 nitrogen and oxygen atoms in total. The fourth-order valence-corrected chi connectivity index (χ4v) is 4.67. The molecule has 0 saturated heterocycles. The summed E-state index contributed by atoms with van der Waals surface area (Å²) in [5.41, 5.74) is -6.90. The topological polar surface area (TPSA) is 50.7 Å². The first kappa shape index (κ1) is 29.0. The summed E-state index contributed by atoms with van der Waals surface area (Å²) in [5, 5.41) is 4.65. The van der Waals surface area contributed by atoms with Crippen LogP contribution in [0.5, 0.6) is 0 Å². The summed E-state index contributed by atoms with van der Waals surface area (Å²) in [7, 11) is 0. The van der Waals surface area contributed by atoms with Crippen LogP contribution in [0.25, 0.3) is 0 Å². The second-order valence-corrected chi connectivity index (χ2v) is 9.77. The maximum Gasteiger partial charge on any atom is 0.435 e. The van der Waals surface area contributed by atoms with Crippen molar-refractivity contribution in [2.45, 2.75) is 56.4 Å². The van der Waals surface area contributed by atoms with Crippen LogP contribution in [0.3, 0.4) is 0 Å². The van der Waals surface area contributed by atoms with E-state index in [2.05, 4.69) is 15.3 Å². The molecule has 1 amide bonds. The van der Waals surface area contributed by atoms with Crippen molar-refractivity contribution in [1.29, 1.82) is 0 Å². The van der Waals surface area contributed by atoms with E-state index < -0.39 is 76.1 Å². The number of oxime groups is 1. The molecule has 0 bridgehead atoms. The number of hydrogen-bond donors (Lipinski definition) is 1. The Morgan fingerprint density at radius 2 is 1.69 bits per heavy atom. The largest absolute Gasteiger partial charge is 0.435 e. The molecule has 1 N–H and O–H groups in total. The molecule has 212 valence electrons. The highest BCUT2D eigenvalue weighted by atomic mass is 35.5. The zero-order valence-corrected chi connectivity index (χ0v) is 20.3. The van der Waals surface area contributed by atoms with E-state index in [1.54, 1.807) is 0 Å². The van der Waals surface area contributed by atoms with Crippen LogP contribution >= 0.6 is 11.6 Å². The number of alkyl halides is 9. The van der Waals surface area contributed by atoms with Crippen molar-refractivity contribution in [3.05, 3.63) is 69.0 Å². The summed E-state index contributed by atoms with van der Waals surface area (Å²) >= 11 is 5.49. The predicted octanol–water partition coefficient (Wildman–Crippen LogP) is 7.46. The highest BCUT2D eigenvalue weighted by molar-refractivity contribution is 6.30. The van der Waals surface area contributed by atoms with Gasteiger partial charge in [0.1, 0.15) is 5.82 Å². The van der Waals surface area contributed by atoms with Gasteiger partial charge in [0, 0.05) is 17.2 Å². The molecule has 0 spiro atoms. The summed E-state index contributed by atoms with van der Waals surface area (Å²) in [4.78, 5) is 17.1. The Labute approximate surface area is 218 Å². The fourth-order valence-electron chi connectivity index (χ4n) is 4.45. The van der Waals surface area contributed by atoms with Gasteiger partial charge in [-0.1, -0.05) is 22.8 Å². The van der Waals surface area contributed by atoms with E-state index in [9.17, 15) is 48.7 Å². The monoisotopic (exact) mass is 590 g/mol. The van der Waals surface area contributed by atoms with E-state index in [0.29, 0.717) is 0 Å². The van der Waals surface area contributed by atoms with Crippen LogP contribution in [0.4, 0.5) is 43.9 Å². The van der Waals surface area contributed by atoms with E-state index in [1.807, 2.05) is 0 Å². The number of nitrogens with one attached hydrogen (secondary N) is 1. The average molecular weight is 591 g/mol. The lowest BCUT2D eigenvalue weighted by Gasteiger charge is -2.36. The predicted molar refractivity (Wildman–Crippen MR) is 118 cm³/mol. The molecular weight excluding hydrogens is 574 g/mol. The Morgan fingerprint density at radius 1 is 1.05 bits per heavy atom. The van der Waals surface area contributed by atoms with Crippen molar-refractivity contribution in [2.75, 3.05) is 0 Å². The minimum absolute atomic E-state index is 0.00515. The van der Waals surface area contributed by atoms with Gasteiger partial charge in [0.05, 0.1) is 28.6 Å². The van der Waals surface area contributed by atoms with Gasteiger partial charge in [-0.25, -0.2) is 4.39 Å². The van der Waals surface area contributed by atoms with Crippen molar-refractivity contribution in [1.82, 2.24) is 5.32 Å². The van der Waals surface area contributed by atoms with Gasteiger partial charge in [-0.3, -0.25) is 4.79 Å². The molecular formula is C24H17ClF10N2O2. The lowest BCUT2D eigenvalue weighted by atomic mass is 9.79. The Bertz CT molecular complexity index is 1330. The van der Waals surface area contributed by atoms with Gasteiger partial charge in [-0.2, -0.15) is 39.5 Å². The van der Waals surface area contributed by atoms with Gasteiger partial charge < -0.3 is 10.2 Å². The highest BCUT2D eigenvalue weighted by Crippen LogP contribution is 2.51. The molecule has 2 aliphatic rings. The first-order valence-electron chi connectivity index (χ1n) is 11.2. The lowest BCUT2D eigenvalue weighted by molar-refractivity contribution is -0.276. The molecule has 0 unspecified atom stereocenters.